The lowest BCUT2D eigenvalue weighted by molar-refractivity contribution is -0.150. The molecule has 2 N–H and O–H groups in total. The van der Waals surface area contributed by atoms with Gasteiger partial charge in [-0.05, 0) is 30.3 Å². The average molecular weight is 393 g/mol. The van der Waals surface area contributed by atoms with Crippen molar-refractivity contribution in [2.75, 3.05) is 20.3 Å². The minimum atomic E-state index is -0.725. The molecular weight excluding hydrogens is 376 g/mol. The van der Waals surface area contributed by atoms with Gasteiger partial charge in [-0.15, -0.1) is 0 Å². The number of benzene rings is 2. The number of hydrogen-bond acceptors (Lipinski definition) is 6. The average Bonchev–Trinajstić information content (AvgIpc) is 2.69. The summed E-state index contributed by atoms with van der Waals surface area (Å²) >= 11 is 5.85. The van der Waals surface area contributed by atoms with Crippen LogP contribution in [0.5, 0.6) is 11.5 Å². The van der Waals surface area contributed by atoms with Crippen LogP contribution in [-0.2, 0) is 14.3 Å². The molecule has 0 aromatic heterocycles. The molecule has 2 aromatic carbocycles. The fraction of sp³-hybridized carbons (Fsp3) is 0.167. The number of nitrogens with one attached hydrogen (secondary N) is 2. The molecule has 2 amide bonds. The molecule has 2 rings (SSSR count). The summed E-state index contributed by atoms with van der Waals surface area (Å²) in [5.74, 6) is -1.30. The maximum Gasteiger partial charge on any atom is 0.344 e. The Kier molecular flexibility index (Phi) is 7.45. The lowest BCUT2D eigenvalue weighted by Crippen LogP contribution is -2.43. The van der Waals surface area contributed by atoms with E-state index in [4.69, 9.17) is 25.8 Å². The van der Waals surface area contributed by atoms with Crippen molar-refractivity contribution in [3.8, 4) is 11.5 Å². The van der Waals surface area contributed by atoms with Crippen molar-refractivity contribution in [1.29, 1.82) is 0 Å². The molecule has 0 unspecified atom stereocenters. The zero-order chi connectivity index (χ0) is 19.6. The van der Waals surface area contributed by atoms with E-state index in [1.54, 1.807) is 30.3 Å². The zero-order valence-corrected chi connectivity index (χ0v) is 15.1. The highest BCUT2D eigenvalue weighted by atomic mass is 35.5. The molecule has 142 valence electrons. The highest BCUT2D eigenvalue weighted by Gasteiger charge is 2.14. The van der Waals surface area contributed by atoms with Gasteiger partial charge in [0.25, 0.3) is 11.8 Å². The van der Waals surface area contributed by atoms with Crippen molar-refractivity contribution in [2.45, 2.75) is 0 Å². The molecule has 27 heavy (non-hydrogen) atoms. The minimum Gasteiger partial charge on any atom is -0.496 e. The molecule has 0 radical (unpaired) electrons. The van der Waals surface area contributed by atoms with Crippen LogP contribution in [0, 0.1) is 0 Å². The van der Waals surface area contributed by atoms with Crippen molar-refractivity contribution in [2.24, 2.45) is 0 Å². The first-order valence-corrected chi connectivity index (χ1v) is 8.13. The van der Waals surface area contributed by atoms with Gasteiger partial charge in [-0.3, -0.25) is 20.4 Å². The molecule has 0 heterocycles. The Bertz CT molecular complexity index is 813. The van der Waals surface area contributed by atoms with Gasteiger partial charge in [0.05, 0.1) is 12.7 Å². The normalized spacial score (nSPS) is 9.85. The summed E-state index contributed by atoms with van der Waals surface area (Å²) in [7, 11) is 1.40. The molecular formula is C18H17ClN2O6. The van der Waals surface area contributed by atoms with Crippen LogP contribution in [0.1, 0.15) is 10.4 Å². The number of para-hydroxylation sites is 1. The van der Waals surface area contributed by atoms with E-state index >= 15 is 0 Å². The summed E-state index contributed by atoms with van der Waals surface area (Å²) in [6.45, 7) is -0.923. The Morgan fingerprint density at radius 1 is 1.00 bits per heavy atom. The molecule has 0 atom stereocenters. The largest absolute Gasteiger partial charge is 0.496 e. The fourth-order valence-corrected chi connectivity index (χ4v) is 2.11. The van der Waals surface area contributed by atoms with Gasteiger partial charge < -0.3 is 14.2 Å². The number of methoxy groups -OCH3 is 1. The predicted molar refractivity (Wildman–Crippen MR) is 96.5 cm³/mol. The van der Waals surface area contributed by atoms with E-state index in [2.05, 4.69) is 10.9 Å². The van der Waals surface area contributed by atoms with Gasteiger partial charge in [0, 0.05) is 5.02 Å². The van der Waals surface area contributed by atoms with Gasteiger partial charge in [0.1, 0.15) is 11.5 Å². The highest BCUT2D eigenvalue weighted by Crippen LogP contribution is 2.22. The van der Waals surface area contributed by atoms with Crippen molar-refractivity contribution in [3.05, 3.63) is 59.1 Å². The number of hydrazine groups is 1. The van der Waals surface area contributed by atoms with E-state index in [0.29, 0.717) is 10.8 Å². The minimum absolute atomic E-state index is 0.138. The number of hydrogen-bond donors (Lipinski definition) is 2. The van der Waals surface area contributed by atoms with Gasteiger partial charge in [0.15, 0.2) is 13.2 Å². The summed E-state index contributed by atoms with van der Waals surface area (Å²) in [6.07, 6.45) is 0. The van der Waals surface area contributed by atoms with Gasteiger partial charge >= 0.3 is 5.97 Å². The molecule has 0 fully saturated rings. The topological polar surface area (TPSA) is 103 Å². The Labute approximate surface area is 160 Å². The lowest BCUT2D eigenvalue weighted by atomic mass is 10.2. The smallest absolute Gasteiger partial charge is 0.344 e. The molecule has 0 aliphatic rings. The van der Waals surface area contributed by atoms with Gasteiger partial charge in [-0.25, -0.2) is 4.79 Å². The standard InChI is InChI=1S/C18H17ClN2O6/c1-25-15-8-7-12(19)9-14(15)18(24)21-20-16(22)10-27-17(23)11-26-13-5-3-2-4-6-13/h2-9H,10-11H2,1H3,(H,20,22)(H,21,24). The van der Waals surface area contributed by atoms with Crippen molar-refractivity contribution in [1.82, 2.24) is 10.9 Å². The van der Waals surface area contributed by atoms with Crippen molar-refractivity contribution >= 4 is 29.4 Å². The second-order valence-corrected chi connectivity index (χ2v) is 5.55. The first-order valence-electron chi connectivity index (χ1n) is 7.76. The highest BCUT2D eigenvalue weighted by molar-refractivity contribution is 6.31. The van der Waals surface area contributed by atoms with Crippen molar-refractivity contribution in [3.63, 3.8) is 0 Å². The third-order valence-electron chi connectivity index (χ3n) is 3.19. The Balaban J connectivity index is 1.73. The SMILES string of the molecule is COc1ccc(Cl)cc1C(=O)NNC(=O)COC(=O)COc1ccccc1. The van der Waals surface area contributed by atoms with E-state index in [-0.39, 0.29) is 17.9 Å². The van der Waals surface area contributed by atoms with E-state index in [1.807, 2.05) is 6.07 Å². The van der Waals surface area contributed by atoms with Crippen LogP contribution in [0.15, 0.2) is 48.5 Å². The number of esters is 1. The van der Waals surface area contributed by atoms with E-state index in [0.717, 1.165) is 0 Å². The monoisotopic (exact) mass is 392 g/mol. The Morgan fingerprint density at radius 2 is 1.74 bits per heavy atom. The molecule has 0 aliphatic carbocycles. The molecule has 9 heteroatoms. The number of rotatable bonds is 7. The predicted octanol–water partition coefficient (Wildman–Crippen LogP) is 1.73. The third-order valence-corrected chi connectivity index (χ3v) is 3.42. The summed E-state index contributed by atoms with van der Waals surface area (Å²) < 4.78 is 15.0. The van der Waals surface area contributed by atoms with Crippen molar-refractivity contribution < 1.29 is 28.6 Å². The van der Waals surface area contributed by atoms with Crippen LogP contribution < -0.4 is 20.3 Å². The van der Waals surface area contributed by atoms with Crippen LogP contribution >= 0.6 is 11.6 Å². The lowest BCUT2D eigenvalue weighted by Gasteiger charge is -2.11. The molecule has 2 aromatic rings. The third kappa shape index (κ3) is 6.52. The molecule has 0 saturated heterocycles. The van der Waals surface area contributed by atoms with Crippen LogP contribution in [0.4, 0.5) is 0 Å². The second kappa shape index (κ2) is 10.0. The Hall–Kier alpha value is -3.26. The maximum absolute atomic E-state index is 12.1. The molecule has 0 aliphatic heterocycles. The number of carbonyl (C=O) groups excluding carboxylic acids is 3. The zero-order valence-electron chi connectivity index (χ0n) is 14.4. The quantitative estimate of drug-likeness (QED) is 0.549. The molecule has 0 bridgehead atoms. The Morgan fingerprint density at radius 3 is 2.44 bits per heavy atom. The first kappa shape index (κ1) is 20.1. The first-order chi connectivity index (χ1) is 13.0. The summed E-state index contributed by atoms with van der Waals surface area (Å²) in [6, 6.07) is 13.2. The molecule has 0 saturated carbocycles. The maximum atomic E-state index is 12.1. The summed E-state index contributed by atoms with van der Waals surface area (Å²) in [4.78, 5) is 35.3. The fourth-order valence-electron chi connectivity index (χ4n) is 1.93. The molecule has 8 nitrogen and oxygen atoms in total. The van der Waals surface area contributed by atoms with E-state index in [1.165, 1.54) is 19.2 Å². The number of halogens is 1. The van der Waals surface area contributed by atoms with Crippen LogP contribution in [0.3, 0.4) is 0 Å². The van der Waals surface area contributed by atoms with E-state index < -0.39 is 24.4 Å². The van der Waals surface area contributed by atoms with Crippen LogP contribution in [-0.4, -0.2) is 38.1 Å². The van der Waals surface area contributed by atoms with E-state index in [9.17, 15) is 14.4 Å². The second-order valence-electron chi connectivity index (χ2n) is 5.11. The number of ether oxygens (including phenoxy) is 3. The van der Waals surface area contributed by atoms with Gasteiger partial charge in [0.2, 0.25) is 0 Å². The van der Waals surface area contributed by atoms with Crippen LogP contribution in [0.25, 0.3) is 0 Å². The van der Waals surface area contributed by atoms with Gasteiger partial charge in [-0.1, -0.05) is 29.8 Å². The number of carbonyl (C=O) groups is 3. The number of amides is 2. The summed E-state index contributed by atoms with van der Waals surface area (Å²) in [5, 5.41) is 0.333. The van der Waals surface area contributed by atoms with Crippen LogP contribution in [0.2, 0.25) is 5.02 Å². The molecule has 0 spiro atoms. The summed E-state index contributed by atoms with van der Waals surface area (Å²) in [5.41, 5.74) is 4.45. The van der Waals surface area contributed by atoms with Gasteiger partial charge in [-0.2, -0.15) is 0 Å².